The number of halogens is 6. The van der Waals surface area contributed by atoms with Gasteiger partial charge in [0, 0.05) is 19.5 Å². The predicted octanol–water partition coefficient (Wildman–Crippen LogP) is 4.94. The van der Waals surface area contributed by atoms with Crippen molar-refractivity contribution < 1.29 is 31.1 Å². The van der Waals surface area contributed by atoms with Gasteiger partial charge in [-0.1, -0.05) is 0 Å². The fourth-order valence-electron chi connectivity index (χ4n) is 6.59. The largest absolute Gasteiger partial charge is 0.404 e. The van der Waals surface area contributed by atoms with Crippen LogP contribution >= 0.6 is 0 Å². The molecule has 0 spiro atoms. The number of alkyl halides is 6. The van der Waals surface area contributed by atoms with Crippen molar-refractivity contribution in [2.45, 2.75) is 63.7 Å². The van der Waals surface area contributed by atoms with Crippen molar-refractivity contribution in [3.05, 3.63) is 0 Å². The standard InChI is InChI=1S/C18H23F6NO/c19-17(20,21)16(18(22,23)24)1-2-25(10-16)14(26)9-15-6-11-3-12(7-15)5-13(4-11)8-15/h11-13H,1-10H2. The van der Waals surface area contributed by atoms with Crippen molar-refractivity contribution in [3.8, 4) is 0 Å². The lowest BCUT2D eigenvalue weighted by atomic mass is 9.49. The van der Waals surface area contributed by atoms with Crippen molar-refractivity contribution in [3.63, 3.8) is 0 Å². The van der Waals surface area contributed by atoms with Crippen LogP contribution in [-0.4, -0.2) is 36.2 Å². The van der Waals surface area contributed by atoms with E-state index in [2.05, 4.69) is 0 Å². The molecule has 5 rings (SSSR count). The maximum absolute atomic E-state index is 13.2. The van der Waals surface area contributed by atoms with Crippen LogP contribution in [-0.2, 0) is 4.79 Å². The Balaban J connectivity index is 1.48. The summed E-state index contributed by atoms with van der Waals surface area (Å²) >= 11 is 0. The number of amides is 1. The van der Waals surface area contributed by atoms with Gasteiger partial charge in [0.25, 0.3) is 0 Å². The molecule has 8 heteroatoms. The smallest absolute Gasteiger partial charge is 0.341 e. The third-order valence-electron chi connectivity index (χ3n) is 7.40. The normalized spacial score (nSPS) is 38.8. The Morgan fingerprint density at radius 2 is 1.35 bits per heavy atom. The Morgan fingerprint density at radius 1 is 0.885 bits per heavy atom. The second kappa shape index (κ2) is 5.53. The van der Waals surface area contributed by atoms with Crippen LogP contribution in [0.5, 0.6) is 0 Å². The van der Waals surface area contributed by atoms with E-state index in [0.29, 0.717) is 17.8 Å². The predicted molar refractivity (Wildman–Crippen MR) is 81.0 cm³/mol. The molecule has 0 atom stereocenters. The van der Waals surface area contributed by atoms with Crippen molar-refractivity contribution in [1.29, 1.82) is 0 Å². The van der Waals surface area contributed by atoms with E-state index in [4.69, 9.17) is 0 Å². The lowest BCUT2D eigenvalue weighted by Gasteiger charge is -2.57. The summed E-state index contributed by atoms with van der Waals surface area (Å²) < 4.78 is 79.2. The van der Waals surface area contributed by atoms with E-state index < -0.39 is 43.2 Å². The molecule has 0 N–H and O–H groups in total. The van der Waals surface area contributed by atoms with Crippen LogP contribution in [0.2, 0.25) is 0 Å². The zero-order chi connectivity index (χ0) is 19.0. The minimum absolute atomic E-state index is 0.113. The van der Waals surface area contributed by atoms with E-state index in [9.17, 15) is 31.1 Å². The summed E-state index contributed by atoms with van der Waals surface area (Å²) in [7, 11) is 0. The van der Waals surface area contributed by atoms with Gasteiger partial charge in [-0.3, -0.25) is 4.79 Å². The van der Waals surface area contributed by atoms with Gasteiger partial charge >= 0.3 is 12.4 Å². The summed E-state index contributed by atoms with van der Waals surface area (Å²) in [5.41, 5.74) is -3.97. The highest BCUT2D eigenvalue weighted by Gasteiger charge is 2.73. The van der Waals surface area contributed by atoms with Crippen molar-refractivity contribution in [2.24, 2.45) is 28.6 Å². The van der Waals surface area contributed by atoms with Gasteiger partial charge in [0.1, 0.15) is 0 Å². The molecule has 148 valence electrons. The van der Waals surface area contributed by atoms with Crippen LogP contribution in [0, 0.1) is 28.6 Å². The van der Waals surface area contributed by atoms with Gasteiger partial charge in [-0.2, -0.15) is 26.3 Å². The maximum atomic E-state index is 13.2. The molecule has 0 aromatic heterocycles. The molecule has 1 saturated heterocycles. The first-order valence-corrected chi connectivity index (χ1v) is 9.34. The van der Waals surface area contributed by atoms with Gasteiger partial charge in [0.05, 0.1) is 0 Å². The molecule has 2 nitrogen and oxygen atoms in total. The van der Waals surface area contributed by atoms with E-state index in [1.807, 2.05) is 0 Å². The van der Waals surface area contributed by atoms with Gasteiger partial charge in [-0.15, -0.1) is 0 Å². The molecule has 5 aliphatic rings. The molecule has 0 unspecified atom stereocenters. The molecule has 4 saturated carbocycles. The molecule has 4 aliphatic carbocycles. The van der Waals surface area contributed by atoms with E-state index in [0.717, 1.165) is 24.2 Å². The van der Waals surface area contributed by atoms with Crippen molar-refractivity contribution >= 4 is 5.91 Å². The highest BCUT2D eigenvalue weighted by molar-refractivity contribution is 5.77. The first-order chi connectivity index (χ1) is 11.9. The topological polar surface area (TPSA) is 20.3 Å². The lowest BCUT2D eigenvalue weighted by molar-refractivity contribution is -0.334. The first-order valence-electron chi connectivity index (χ1n) is 9.34. The van der Waals surface area contributed by atoms with Crippen LogP contribution in [0.1, 0.15) is 51.4 Å². The summed E-state index contributed by atoms with van der Waals surface area (Å²) in [5.74, 6) is 1.22. The average molecular weight is 383 g/mol. The van der Waals surface area contributed by atoms with Crippen LogP contribution < -0.4 is 0 Å². The van der Waals surface area contributed by atoms with E-state index in [1.165, 1.54) is 19.3 Å². The molecule has 0 radical (unpaired) electrons. The SMILES string of the molecule is O=C(CC12CC3CC(CC(C3)C1)C2)N1CCC(C(F)(F)F)(C(F)(F)F)C1. The fraction of sp³-hybridized carbons (Fsp3) is 0.944. The first kappa shape index (κ1) is 18.4. The third kappa shape index (κ3) is 2.73. The average Bonchev–Trinajstić information content (AvgIpc) is 2.91. The monoisotopic (exact) mass is 383 g/mol. The molecule has 5 fully saturated rings. The van der Waals surface area contributed by atoms with Gasteiger partial charge < -0.3 is 4.90 Å². The molecular formula is C18H23F6NO. The number of hydrogen-bond acceptors (Lipinski definition) is 1. The van der Waals surface area contributed by atoms with Gasteiger partial charge in [0.2, 0.25) is 5.91 Å². The quantitative estimate of drug-likeness (QED) is 0.619. The van der Waals surface area contributed by atoms with Crippen LogP contribution in [0.25, 0.3) is 0 Å². The van der Waals surface area contributed by atoms with E-state index >= 15 is 0 Å². The Hall–Kier alpha value is -0.950. The number of nitrogens with zero attached hydrogens (tertiary/aromatic N) is 1. The number of hydrogen-bond donors (Lipinski definition) is 0. The molecule has 26 heavy (non-hydrogen) atoms. The molecule has 1 amide bonds. The van der Waals surface area contributed by atoms with E-state index in [-0.39, 0.29) is 11.8 Å². The zero-order valence-electron chi connectivity index (χ0n) is 14.4. The fourth-order valence-corrected chi connectivity index (χ4v) is 6.59. The number of carbonyl (C=O) groups is 1. The van der Waals surface area contributed by atoms with Crippen molar-refractivity contribution in [2.75, 3.05) is 13.1 Å². The molecular weight excluding hydrogens is 360 g/mol. The lowest BCUT2D eigenvalue weighted by Crippen LogP contribution is -2.52. The minimum atomic E-state index is -5.40. The Morgan fingerprint density at radius 3 is 1.73 bits per heavy atom. The summed E-state index contributed by atoms with van der Waals surface area (Å²) in [5, 5.41) is 0. The summed E-state index contributed by atoms with van der Waals surface area (Å²) in [4.78, 5) is 13.5. The van der Waals surface area contributed by atoms with Crippen molar-refractivity contribution in [1.82, 2.24) is 4.90 Å². The van der Waals surface area contributed by atoms with E-state index in [1.54, 1.807) is 0 Å². The summed E-state index contributed by atoms with van der Waals surface area (Å²) in [6.45, 7) is -1.75. The minimum Gasteiger partial charge on any atom is -0.341 e. The highest BCUT2D eigenvalue weighted by atomic mass is 19.4. The number of rotatable bonds is 2. The van der Waals surface area contributed by atoms with Crippen LogP contribution in [0.4, 0.5) is 26.3 Å². The molecule has 0 aromatic carbocycles. The Bertz CT molecular complexity index is 546. The second-order valence-corrected chi connectivity index (χ2v) is 9.24. The van der Waals surface area contributed by atoms with Gasteiger partial charge in [-0.05, 0) is 68.1 Å². The molecule has 4 bridgehead atoms. The summed E-state index contributed by atoms with van der Waals surface area (Å²) in [6, 6.07) is 0. The summed E-state index contributed by atoms with van der Waals surface area (Å²) in [6.07, 6.45) is -5.56. The van der Waals surface area contributed by atoms with Gasteiger partial charge in [-0.25, -0.2) is 0 Å². The molecule has 0 aromatic rings. The highest BCUT2D eigenvalue weighted by Crippen LogP contribution is 2.62. The molecule has 1 aliphatic heterocycles. The Kier molecular flexibility index (Phi) is 3.92. The van der Waals surface area contributed by atoms with Crippen LogP contribution in [0.3, 0.4) is 0 Å². The molecule has 1 heterocycles. The van der Waals surface area contributed by atoms with Crippen LogP contribution in [0.15, 0.2) is 0 Å². The Labute approximate surface area is 148 Å². The zero-order valence-corrected chi connectivity index (χ0v) is 14.4. The third-order valence-corrected chi connectivity index (χ3v) is 7.40. The second-order valence-electron chi connectivity index (χ2n) is 9.24. The van der Waals surface area contributed by atoms with Gasteiger partial charge in [0.15, 0.2) is 5.41 Å². The maximum Gasteiger partial charge on any atom is 0.404 e. The number of carbonyl (C=O) groups excluding carboxylic acids is 1. The number of likely N-dealkylation sites (tertiary alicyclic amines) is 1.